The second-order valence-corrected chi connectivity index (χ2v) is 9.35. The Hall–Kier alpha value is -4.07. The quantitative estimate of drug-likeness (QED) is 0.524. The number of piperazine rings is 1. The van der Waals surface area contributed by atoms with Gasteiger partial charge in [-0.2, -0.15) is 0 Å². The molecule has 36 heavy (non-hydrogen) atoms. The van der Waals surface area contributed by atoms with Crippen LogP contribution in [0.15, 0.2) is 60.8 Å². The molecule has 1 aliphatic rings. The van der Waals surface area contributed by atoms with Gasteiger partial charge < -0.3 is 25.6 Å². The molecule has 1 saturated heterocycles. The predicted octanol–water partition coefficient (Wildman–Crippen LogP) is 4.72. The van der Waals surface area contributed by atoms with Crippen molar-refractivity contribution in [3.63, 3.8) is 0 Å². The molecule has 3 N–H and O–H groups in total. The molecule has 0 aliphatic carbocycles. The molecule has 0 saturated carbocycles. The number of methoxy groups -OCH3 is 1. The maximum atomic E-state index is 13.3. The zero-order chi connectivity index (χ0) is 25.8. The van der Waals surface area contributed by atoms with Crippen LogP contribution < -0.4 is 20.7 Å². The van der Waals surface area contributed by atoms with E-state index in [0.29, 0.717) is 42.6 Å². The third-order valence-corrected chi connectivity index (χ3v) is 6.60. The Morgan fingerprint density at radius 1 is 1.08 bits per heavy atom. The molecule has 3 amide bonds. The van der Waals surface area contributed by atoms with Crippen molar-refractivity contribution in [2.45, 2.75) is 32.7 Å². The van der Waals surface area contributed by atoms with Crippen LogP contribution in [-0.2, 0) is 0 Å². The van der Waals surface area contributed by atoms with Crippen LogP contribution in [0, 0.1) is 0 Å². The van der Waals surface area contributed by atoms with Gasteiger partial charge in [0.05, 0.1) is 24.6 Å². The monoisotopic (exact) mass is 487 g/mol. The number of aromatic nitrogens is 1. The molecule has 8 nitrogen and oxygen atoms in total. The Bertz CT molecular complexity index is 1220. The first-order chi connectivity index (χ1) is 17.3. The number of nitrogens with zero attached hydrogens (tertiary/aromatic N) is 3. The highest BCUT2D eigenvalue weighted by molar-refractivity contribution is 6.09. The van der Waals surface area contributed by atoms with E-state index in [1.165, 1.54) is 5.56 Å². The summed E-state index contributed by atoms with van der Waals surface area (Å²) in [5.41, 5.74) is 9.43. The molecule has 2 aromatic carbocycles. The zero-order valence-corrected chi connectivity index (χ0v) is 21.2. The first-order valence-electron chi connectivity index (χ1n) is 12.1. The lowest BCUT2D eigenvalue weighted by Gasteiger charge is -2.39. The third-order valence-electron chi connectivity index (χ3n) is 6.60. The predicted molar refractivity (Wildman–Crippen MR) is 143 cm³/mol. The van der Waals surface area contributed by atoms with Gasteiger partial charge in [-0.25, -0.2) is 9.78 Å². The van der Waals surface area contributed by atoms with Crippen LogP contribution in [0.5, 0.6) is 5.75 Å². The standard InChI is InChI=1S/C28H33N5O3/c1-18(2)20-8-10-21(11-9-20)26-23(6-5-7-24(26)36-4)27(34)31-22-12-13-25(30-16-22)33-15-14-32(28(29)35)17-19(33)3/h5-13,16,18-19H,14-15,17H2,1-4H3,(H2,29,35)(H,31,34). The average Bonchev–Trinajstić information content (AvgIpc) is 2.88. The highest BCUT2D eigenvalue weighted by Crippen LogP contribution is 2.34. The molecule has 4 rings (SSSR count). The first kappa shape index (κ1) is 25.0. The Kier molecular flexibility index (Phi) is 7.43. The largest absolute Gasteiger partial charge is 0.496 e. The van der Waals surface area contributed by atoms with Gasteiger partial charge in [0.25, 0.3) is 5.91 Å². The summed E-state index contributed by atoms with van der Waals surface area (Å²) in [5, 5.41) is 2.97. The van der Waals surface area contributed by atoms with Crippen molar-refractivity contribution in [3.8, 4) is 16.9 Å². The van der Waals surface area contributed by atoms with E-state index in [1.807, 2.05) is 43.3 Å². The van der Waals surface area contributed by atoms with Crippen molar-refractivity contribution < 1.29 is 14.3 Å². The fourth-order valence-corrected chi connectivity index (χ4v) is 4.55. The number of carbonyl (C=O) groups is 2. The molecule has 1 fully saturated rings. The van der Waals surface area contributed by atoms with Gasteiger partial charge in [-0.1, -0.05) is 44.2 Å². The molecule has 1 atom stereocenters. The second kappa shape index (κ2) is 10.7. The topological polar surface area (TPSA) is 101 Å². The number of nitrogens with one attached hydrogen (secondary N) is 1. The lowest BCUT2D eigenvalue weighted by atomic mass is 9.95. The van der Waals surface area contributed by atoms with Gasteiger partial charge >= 0.3 is 6.03 Å². The normalized spacial score (nSPS) is 15.6. The van der Waals surface area contributed by atoms with E-state index in [0.717, 1.165) is 16.9 Å². The van der Waals surface area contributed by atoms with Crippen LogP contribution in [0.2, 0.25) is 0 Å². The summed E-state index contributed by atoms with van der Waals surface area (Å²) in [6.45, 7) is 8.08. The number of carbonyl (C=O) groups excluding carboxylic acids is 2. The van der Waals surface area contributed by atoms with Crippen molar-refractivity contribution in [2.24, 2.45) is 5.73 Å². The summed E-state index contributed by atoms with van der Waals surface area (Å²) in [4.78, 5) is 33.1. The van der Waals surface area contributed by atoms with E-state index < -0.39 is 6.03 Å². The summed E-state index contributed by atoms with van der Waals surface area (Å²) in [5.74, 6) is 1.61. The van der Waals surface area contributed by atoms with Gasteiger partial charge in [0.1, 0.15) is 11.6 Å². The van der Waals surface area contributed by atoms with Gasteiger partial charge in [0.15, 0.2) is 0 Å². The third kappa shape index (κ3) is 5.27. The molecule has 2 heterocycles. The Balaban J connectivity index is 1.53. The molecule has 188 valence electrons. The Morgan fingerprint density at radius 2 is 1.83 bits per heavy atom. The number of ether oxygens (including phenoxy) is 1. The molecule has 1 unspecified atom stereocenters. The van der Waals surface area contributed by atoms with Crippen molar-refractivity contribution in [1.82, 2.24) is 9.88 Å². The van der Waals surface area contributed by atoms with Gasteiger partial charge in [-0.15, -0.1) is 0 Å². The molecule has 0 bridgehead atoms. The fraction of sp³-hybridized carbons (Fsp3) is 0.321. The van der Waals surface area contributed by atoms with Crippen LogP contribution in [0.1, 0.15) is 42.6 Å². The van der Waals surface area contributed by atoms with Gasteiger partial charge in [0, 0.05) is 31.2 Å². The van der Waals surface area contributed by atoms with E-state index in [1.54, 1.807) is 24.3 Å². The van der Waals surface area contributed by atoms with Crippen molar-refractivity contribution in [2.75, 3.05) is 37.0 Å². The average molecular weight is 488 g/mol. The number of nitrogens with two attached hydrogens (primary N) is 1. The van der Waals surface area contributed by atoms with E-state index in [9.17, 15) is 9.59 Å². The molecule has 8 heteroatoms. The molecular weight excluding hydrogens is 454 g/mol. The maximum absolute atomic E-state index is 13.3. The number of amides is 3. The van der Waals surface area contributed by atoms with Crippen molar-refractivity contribution in [1.29, 1.82) is 0 Å². The number of urea groups is 1. The first-order valence-corrected chi connectivity index (χ1v) is 12.1. The number of rotatable bonds is 6. The summed E-state index contributed by atoms with van der Waals surface area (Å²) >= 11 is 0. The van der Waals surface area contributed by atoms with Gasteiger partial charge in [0.2, 0.25) is 0 Å². The van der Waals surface area contributed by atoms with Crippen LogP contribution in [-0.4, -0.2) is 54.6 Å². The number of hydrogen-bond acceptors (Lipinski definition) is 5. The number of benzene rings is 2. The number of pyridine rings is 1. The van der Waals surface area contributed by atoms with E-state index in [-0.39, 0.29) is 11.9 Å². The summed E-state index contributed by atoms with van der Waals surface area (Å²) < 4.78 is 5.60. The van der Waals surface area contributed by atoms with Crippen molar-refractivity contribution in [3.05, 3.63) is 71.9 Å². The minimum atomic E-state index is -0.403. The van der Waals surface area contributed by atoms with Crippen molar-refractivity contribution >= 4 is 23.4 Å². The Morgan fingerprint density at radius 3 is 2.42 bits per heavy atom. The van der Waals surface area contributed by atoms with Crippen LogP contribution in [0.4, 0.5) is 16.3 Å². The fourth-order valence-electron chi connectivity index (χ4n) is 4.55. The lowest BCUT2D eigenvalue weighted by Crippen LogP contribution is -2.55. The number of hydrogen-bond donors (Lipinski definition) is 2. The molecule has 1 aromatic heterocycles. The highest BCUT2D eigenvalue weighted by atomic mass is 16.5. The number of anilines is 2. The van der Waals surface area contributed by atoms with E-state index in [2.05, 4.69) is 41.2 Å². The Labute approximate surface area is 212 Å². The minimum Gasteiger partial charge on any atom is -0.496 e. The highest BCUT2D eigenvalue weighted by Gasteiger charge is 2.26. The van der Waals surface area contributed by atoms with Gasteiger partial charge in [-0.05, 0) is 48.2 Å². The molecular formula is C28H33N5O3. The number of primary amides is 1. The van der Waals surface area contributed by atoms with Gasteiger partial charge in [-0.3, -0.25) is 4.79 Å². The molecule has 0 spiro atoms. The van der Waals surface area contributed by atoms with E-state index in [4.69, 9.17) is 10.5 Å². The smallest absolute Gasteiger partial charge is 0.314 e. The maximum Gasteiger partial charge on any atom is 0.314 e. The summed E-state index contributed by atoms with van der Waals surface area (Å²) in [6, 6.07) is 17.1. The molecule has 3 aromatic rings. The second-order valence-electron chi connectivity index (χ2n) is 9.35. The van der Waals surface area contributed by atoms with Crippen LogP contribution in [0.3, 0.4) is 0 Å². The summed E-state index contributed by atoms with van der Waals surface area (Å²) in [6.07, 6.45) is 1.65. The van der Waals surface area contributed by atoms with E-state index >= 15 is 0 Å². The molecule has 0 radical (unpaired) electrons. The summed E-state index contributed by atoms with van der Waals surface area (Å²) in [7, 11) is 1.61. The zero-order valence-electron chi connectivity index (χ0n) is 21.2. The van der Waals surface area contributed by atoms with Crippen LogP contribution in [0.25, 0.3) is 11.1 Å². The lowest BCUT2D eigenvalue weighted by molar-refractivity contribution is 0.102. The molecule has 1 aliphatic heterocycles. The SMILES string of the molecule is COc1cccc(C(=O)Nc2ccc(N3CCN(C(N)=O)CC3C)nc2)c1-c1ccc(C(C)C)cc1. The minimum absolute atomic E-state index is 0.0839. The van der Waals surface area contributed by atoms with Crippen LogP contribution >= 0.6 is 0 Å².